The summed E-state index contributed by atoms with van der Waals surface area (Å²) in [4.78, 5) is 11.8. The summed E-state index contributed by atoms with van der Waals surface area (Å²) < 4.78 is 14.6. The second-order valence-electron chi connectivity index (χ2n) is 4.26. The Kier molecular flexibility index (Phi) is 4.12. The molecule has 0 radical (unpaired) electrons. The van der Waals surface area contributed by atoms with Crippen molar-refractivity contribution in [3.63, 3.8) is 0 Å². The SMILES string of the molecule is O=C(COc1ccc(Br)cc1)Nc1ccc2nsnc2c1. The molecule has 1 aromatic heterocycles. The molecule has 1 amide bonds. The van der Waals surface area contributed by atoms with Crippen LogP contribution in [0.15, 0.2) is 46.9 Å². The predicted octanol–water partition coefficient (Wildman–Crippen LogP) is 3.47. The Hall–Kier alpha value is -1.99. The van der Waals surface area contributed by atoms with Crippen molar-refractivity contribution in [3.05, 3.63) is 46.9 Å². The summed E-state index contributed by atoms with van der Waals surface area (Å²) in [6.45, 7) is -0.0466. The highest BCUT2D eigenvalue weighted by molar-refractivity contribution is 9.10. The van der Waals surface area contributed by atoms with Crippen LogP contribution in [0.4, 0.5) is 5.69 Å². The molecule has 5 nitrogen and oxygen atoms in total. The van der Waals surface area contributed by atoms with Crippen LogP contribution >= 0.6 is 27.7 Å². The van der Waals surface area contributed by atoms with Gasteiger partial charge in [-0.3, -0.25) is 4.79 Å². The highest BCUT2D eigenvalue weighted by Crippen LogP contribution is 2.18. The van der Waals surface area contributed by atoms with Crippen LogP contribution in [0, 0.1) is 0 Å². The number of carbonyl (C=O) groups is 1. The molecule has 3 rings (SSSR count). The van der Waals surface area contributed by atoms with E-state index in [1.54, 1.807) is 24.3 Å². The molecule has 0 saturated heterocycles. The van der Waals surface area contributed by atoms with E-state index in [9.17, 15) is 4.79 Å². The van der Waals surface area contributed by atoms with Crippen LogP contribution in [0.25, 0.3) is 11.0 Å². The molecule has 1 N–H and O–H groups in total. The third kappa shape index (κ3) is 3.56. The van der Waals surface area contributed by atoms with Crippen molar-refractivity contribution < 1.29 is 9.53 Å². The quantitative estimate of drug-likeness (QED) is 0.770. The number of anilines is 1. The van der Waals surface area contributed by atoms with Gasteiger partial charge in [0.15, 0.2) is 6.61 Å². The summed E-state index contributed by atoms with van der Waals surface area (Å²) in [5.74, 6) is 0.424. The van der Waals surface area contributed by atoms with Crippen LogP contribution in [0.3, 0.4) is 0 Å². The Morgan fingerprint density at radius 2 is 1.90 bits per heavy atom. The van der Waals surface area contributed by atoms with Gasteiger partial charge in [0.1, 0.15) is 16.8 Å². The largest absolute Gasteiger partial charge is 0.484 e. The van der Waals surface area contributed by atoms with Crippen molar-refractivity contribution >= 4 is 50.3 Å². The van der Waals surface area contributed by atoms with Gasteiger partial charge in [0.05, 0.1) is 11.7 Å². The Morgan fingerprint density at radius 3 is 2.71 bits per heavy atom. The van der Waals surface area contributed by atoms with Crippen LogP contribution in [-0.2, 0) is 4.79 Å². The van der Waals surface area contributed by atoms with Gasteiger partial charge in [-0.15, -0.1) is 0 Å². The highest BCUT2D eigenvalue weighted by atomic mass is 79.9. The maximum Gasteiger partial charge on any atom is 0.262 e. The first-order valence-corrected chi connectivity index (χ1v) is 7.63. The predicted molar refractivity (Wildman–Crippen MR) is 85.7 cm³/mol. The van der Waals surface area contributed by atoms with E-state index in [-0.39, 0.29) is 12.5 Å². The molecule has 1 heterocycles. The maximum atomic E-state index is 11.8. The molecule has 0 fully saturated rings. The zero-order chi connectivity index (χ0) is 14.7. The van der Waals surface area contributed by atoms with E-state index in [2.05, 4.69) is 30.0 Å². The van der Waals surface area contributed by atoms with Crippen LogP contribution in [-0.4, -0.2) is 21.3 Å². The second-order valence-corrected chi connectivity index (χ2v) is 5.70. The minimum Gasteiger partial charge on any atom is -0.484 e. The minimum atomic E-state index is -0.222. The zero-order valence-electron chi connectivity index (χ0n) is 10.7. The lowest BCUT2D eigenvalue weighted by Crippen LogP contribution is -2.20. The maximum absolute atomic E-state index is 11.8. The summed E-state index contributed by atoms with van der Waals surface area (Å²) in [7, 11) is 0. The molecule has 106 valence electrons. The lowest BCUT2D eigenvalue weighted by molar-refractivity contribution is -0.118. The van der Waals surface area contributed by atoms with Crippen LogP contribution in [0.5, 0.6) is 5.75 Å². The van der Waals surface area contributed by atoms with Gasteiger partial charge in [-0.25, -0.2) is 0 Å². The topological polar surface area (TPSA) is 64.1 Å². The summed E-state index contributed by atoms with van der Waals surface area (Å²) in [5, 5.41) is 2.77. The number of carbonyl (C=O) groups excluding carboxylic acids is 1. The molecule has 0 aliphatic carbocycles. The molecule has 0 atom stereocenters. The van der Waals surface area contributed by atoms with Crippen molar-refractivity contribution in [2.24, 2.45) is 0 Å². The lowest BCUT2D eigenvalue weighted by Gasteiger charge is -2.07. The molecule has 7 heteroatoms. The minimum absolute atomic E-state index is 0.0466. The van der Waals surface area contributed by atoms with Gasteiger partial charge < -0.3 is 10.1 Å². The number of halogens is 1. The Morgan fingerprint density at radius 1 is 1.14 bits per heavy atom. The fourth-order valence-corrected chi connectivity index (χ4v) is 2.52. The Labute approximate surface area is 133 Å². The first kappa shape index (κ1) is 14.0. The van der Waals surface area contributed by atoms with Gasteiger partial charge in [-0.1, -0.05) is 15.9 Å². The van der Waals surface area contributed by atoms with Crippen LogP contribution in [0.2, 0.25) is 0 Å². The normalized spacial score (nSPS) is 10.5. The number of aromatic nitrogens is 2. The van der Waals surface area contributed by atoms with Crippen molar-refractivity contribution in [1.82, 2.24) is 8.75 Å². The number of ether oxygens (including phenoxy) is 1. The van der Waals surface area contributed by atoms with Gasteiger partial charge in [0.25, 0.3) is 5.91 Å². The van der Waals surface area contributed by atoms with E-state index in [4.69, 9.17) is 4.74 Å². The molecule has 0 aliphatic rings. The third-order valence-corrected chi connectivity index (χ3v) is 3.81. The molecule has 21 heavy (non-hydrogen) atoms. The van der Waals surface area contributed by atoms with Crippen molar-refractivity contribution in [2.75, 3.05) is 11.9 Å². The molecule has 0 spiro atoms. The standard InChI is InChI=1S/C14H10BrN3O2S/c15-9-1-4-11(5-2-9)20-8-14(19)16-10-3-6-12-13(7-10)18-21-17-12/h1-7H,8H2,(H,16,19). The van der Waals surface area contributed by atoms with Gasteiger partial charge in [-0.05, 0) is 42.5 Å². The molecule has 0 bridgehead atoms. The van der Waals surface area contributed by atoms with Crippen molar-refractivity contribution in [3.8, 4) is 5.75 Å². The monoisotopic (exact) mass is 363 g/mol. The fraction of sp³-hybridized carbons (Fsp3) is 0.0714. The Bertz CT molecular complexity index is 773. The van der Waals surface area contributed by atoms with E-state index < -0.39 is 0 Å². The van der Waals surface area contributed by atoms with Gasteiger partial charge in [0.2, 0.25) is 0 Å². The number of hydrogen-bond donors (Lipinski definition) is 1. The summed E-state index contributed by atoms with van der Waals surface area (Å²) in [6, 6.07) is 12.7. The summed E-state index contributed by atoms with van der Waals surface area (Å²) in [5.41, 5.74) is 2.27. The molecule has 0 unspecified atom stereocenters. The van der Waals surface area contributed by atoms with Gasteiger partial charge in [-0.2, -0.15) is 8.75 Å². The average molecular weight is 364 g/mol. The van der Waals surface area contributed by atoms with Gasteiger partial charge >= 0.3 is 0 Å². The molecular weight excluding hydrogens is 354 g/mol. The molecular formula is C14H10BrN3O2S. The first-order chi connectivity index (χ1) is 10.2. The Balaban J connectivity index is 1.59. The third-order valence-electron chi connectivity index (χ3n) is 2.72. The van der Waals surface area contributed by atoms with E-state index in [1.807, 2.05) is 18.2 Å². The van der Waals surface area contributed by atoms with E-state index in [0.29, 0.717) is 11.4 Å². The smallest absolute Gasteiger partial charge is 0.262 e. The lowest BCUT2D eigenvalue weighted by atomic mass is 10.3. The number of nitrogens with zero attached hydrogens (tertiary/aromatic N) is 2. The summed E-state index contributed by atoms with van der Waals surface area (Å²) >= 11 is 4.49. The number of rotatable bonds is 4. The van der Waals surface area contributed by atoms with Crippen molar-refractivity contribution in [2.45, 2.75) is 0 Å². The number of nitrogens with one attached hydrogen (secondary N) is 1. The molecule has 2 aromatic carbocycles. The van der Waals surface area contributed by atoms with E-state index in [1.165, 1.54) is 0 Å². The van der Waals surface area contributed by atoms with E-state index in [0.717, 1.165) is 27.2 Å². The van der Waals surface area contributed by atoms with Crippen molar-refractivity contribution in [1.29, 1.82) is 0 Å². The molecule has 0 aliphatic heterocycles. The summed E-state index contributed by atoms with van der Waals surface area (Å²) in [6.07, 6.45) is 0. The number of benzene rings is 2. The first-order valence-electron chi connectivity index (χ1n) is 6.11. The van der Waals surface area contributed by atoms with E-state index >= 15 is 0 Å². The fourth-order valence-electron chi connectivity index (χ4n) is 1.74. The average Bonchev–Trinajstić information content (AvgIpc) is 2.94. The number of fused-ring (bicyclic) bond motifs is 1. The van der Waals surface area contributed by atoms with Crippen LogP contribution < -0.4 is 10.1 Å². The van der Waals surface area contributed by atoms with Gasteiger partial charge in [0, 0.05) is 10.2 Å². The van der Waals surface area contributed by atoms with Crippen LogP contribution in [0.1, 0.15) is 0 Å². The number of hydrogen-bond acceptors (Lipinski definition) is 5. The second kappa shape index (κ2) is 6.19. The number of amides is 1. The molecule has 3 aromatic rings. The highest BCUT2D eigenvalue weighted by Gasteiger charge is 2.06. The zero-order valence-corrected chi connectivity index (χ0v) is 13.1. The molecule has 0 saturated carbocycles.